The zero-order valence-corrected chi connectivity index (χ0v) is 12.8. The fourth-order valence-corrected chi connectivity index (χ4v) is 4.04. The third-order valence-corrected chi connectivity index (χ3v) is 5.26. The average Bonchev–Trinajstić information content (AvgIpc) is 2.95. The van der Waals surface area contributed by atoms with Crippen molar-refractivity contribution in [3.63, 3.8) is 0 Å². The second kappa shape index (κ2) is 5.82. The number of fused-ring (bicyclic) bond motifs is 1. The molecule has 1 saturated heterocycles. The zero-order chi connectivity index (χ0) is 15.7. The van der Waals surface area contributed by atoms with E-state index in [2.05, 4.69) is 5.32 Å². The number of hydrogen-bond donors (Lipinski definition) is 3. The molecule has 2 aliphatic rings. The molecule has 1 fully saturated rings. The van der Waals surface area contributed by atoms with E-state index < -0.39 is 5.91 Å². The van der Waals surface area contributed by atoms with Gasteiger partial charge in [-0.15, -0.1) is 0 Å². The van der Waals surface area contributed by atoms with Gasteiger partial charge in [-0.3, -0.25) is 14.8 Å². The van der Waals surface area contributed by atoms with Gasteiger partial charge in [-0.2, -0.15) is 0 Å². The standard InChI is InChI=1S/C17H22N2O3/c1-2-14(20)15-17(7-8-18-15)6-5-11-3-4-12(16(21)19-22)9-13(11)10-17/h3-4,9,15,18,22H,2,5-8,10H2,1H3,(H,19,21)/t15-,17?/m0/s1. The Labute approximate surface area is 130 Å². The predicted molar refractivity (Wildman–Crippen MR) is 81.9 cm³/mol. The Balaban J connectivity index is 1.92. The van der Waals surface area contributed by atoms with Crippen molar-refractivity contribution in [1.29, 1.82) is 0 Å². The van der Waals surface area contributed by atoms with Gasteiger partial charge in [-0.05, 0) is 60.9 Å². The molecule has 1 amide bonds. The molecule has 5 nitrogen and oxygen atoms in total. The lowest BCUT2D eigenvalue weighted by atomic mass is 9.66. The first-order chi connectivity index (χ1) is 10.6. The molecular weight excluding hydrogens is 280 g/mol. The van der Waals surface area contributed by atoms with Crippen LogP contribution >= 0.6 is 0 Å². The van der Waals surface area contributed by atoms with Crippen molar-refractivity contribution >= 4 is 11.7 Å². The second-order valence-corrected chi connectivity index (χ2v) is 6.42. The number of carbonyl (C=O) groups is 2. The van der Waals surface area contributed by atoms with Crippen LogP contribution in [0.4, 0.5) is 0 Å². The molecule has 0 saturated carbocycles. The van der Waals surface area contributed by atoms with Crippen LogP contribution in [0.2, 0.25) is 0 Å². The molecule has 1 heterocycles. The van der Waals surface area contributed by atoms with Crippen LogP contribution in [0.25, 0.3) is 0 Å². The van der Waals surface area contributed by atoms with Crippen LogP contribution in [0.3, 0.4) is 0 Å². The Kier molecular flexibility index (Phi) is 4.02. The summed E-state index contributed by atoms with van der Waals surface area (Å²) in [6.45, 7) is 2.79. The maximum absolute atomic E-state index is 12.3. The lowest BCUT2D eigenvalue weighted by molar-refractivity contribution is -0.123. The Morgan fingerprint density at radius 2 is 2.18 bits per heavy atom. The number of ketones is 1. The summed E-state index contributed by atoms with van der Waals surface area (Å²) >= 11 is 0. The lowest BCUT2D eigenvalue weighted by Gasteiger charge is -2.39. The molecule has 2 atom stereocenters. The summed E-state index contributed by atoms with van der Waals surface area (Å²) in [7, 11) is 0. The molecule has 3 rings (SSSR count). The summed E-state index contributed by atoms with van der Waals surface area (Å²) in [5, 5.41) is 12.2. The van der Waals surface area contributed by atoms with Gasteiger partial charge in [-0.25, -0.2) is 5.48 Å². The van der Waals surface area contributed by atoms with Crippen LogP contribution in [0.5, 0.6) is 0 Å². The minimum Gasteiger partial charge on any atom is -0.307 e. The predicted octanol–water partition coefficient (Wildman–Crippen LogP) is 1.62. The van der Waals surface area contributed by atoms with Gasteiger partial charge in [0.1, 0.15) is 5.78 Å². The van der Waals surface area contributed by atoms with Gasteiger partial charge < -0.3 is 5.32 Å². The Morgan fingerprint density at radius 1 is 1.36 bits per heavy atom. The number of rotatable bonds is 3. The lowest BCUT2D eigenvalue weighted by Crippen LogP contribution is -2.46. The van der Waals surface area contributed by atoms with Crippen molar-refractivity contribution in [2.45, 2.75) is 45.1 Å². The maximum atomic E-state index is 12.3. The van der Waals surface area contributed by atoms with E-state index in [0.717, 1.165) is 37.8 Å². The molecule has 1 aromatic rings. The van der Waals surface area contributed by atoms with Gasteiger partial charge in [0.15, 0.2) is 0 Å². The number of nitrogens with one attached hydrogen (secondary N) is 2. The van der Waals surface area contributed by atoms with Crippen LogP contribution in [0, 0.1) is 5.41 Å². The SMILES string of the molecule is CCC(=O)[C@@H]1NCCC12CCc1ccc(C(=O)NO)cc1C2. The highest BCUT2D eigenvalue weighted by atomic mass is 16.5. The number of hydrogen-bond acceptors (Lipinski definition) is 4. The third kappa shape index (κ3) is 2.44. The number of Topliss-reactive ketones (excluding diaryl/α,β-unsaturated/α-hetero) is 1. The molecule has 118 valence electrons. The highest BCUT2D eigenvalue weighted by Crippen LogP contribution is 2.44. The van der Waals surface area contributed by atoms with Crippen molar-refractivity contribution < 1.29 is 14.8 Å². The first-order valence-electron chi connectivity index (χ1n) is 7.92. The normalized spacial score (nSPS) is 26.7. The van der Waals surface area contributed by atoms with Crippen LogP contribution < -0.4 is 10.8 Å². The number of amides is 1. The molecule has 1 aliphatic heterocycles. The number of carbonyl (C=O) groups excluding carboxylic acids is 2. The van der Waals surface area contributed by atoms with Gasteiger partial charge in [-0.1, -0.05) is 13.0 Å². The smallest absolute Gasteiger partial charge is 0.274 e. The van der Waals surface area contributed by atoms with Gasteiger partial charge in [0, 0.05) is 12.0 Å². The molecule has 1 aromatic carbocycles. The van der Waals surface area contributed by atoms with Gasteiger partial charge in [0.25, 0.3) is 5.91 Å². The van der Waals surface area contributed by atoms with E-state index >= 15 is 0 Å². The van der Waals surface area contributed by atoms with Crippen molar-refractivity contribution in [3.8, 4) is 0 Å². The molecule has 0 radical (unpaired) electrons. The van der Waals surface area contributed by atoms with Crippen LogP contribution in [0.1, 0.15) is 47.7 Å². The van der Waals surface area contributed by atoms with Gasteiger partial charge >= 0.3 is 0 Å². The van der Waals surface area contributed by atoms with Crippen LogP contribution in [0.15, 0.2) is 18.2 Å². The Hall–Kier alpha value is -1.72. The number of hydroxylamine groups is 1. The molecule has 3 N–H and O–H groups in total. The first kappa shape index (κ1) is 15.2. The van der Waals surface area contributed by atoms with Crippen LogP contribution in [-0.2, 0) is 17.6 Å². The molecule has 5 heteroatoms. The Bertz CT molecular complexity index is 614. The molecule has 1 spiro atoms. The average molecular weight is 302 g/mol. The summed E-state index contributed by atoms with van der Waals surface area (Å²) in [6.07, 6.45) is 4.32. The van der Waals surface area contributed by atoms with Crippen LogP contribution in [-0.4, -0.2) is 29.5 Å². The molecule has 0 bridgehead atoms. The van der Waals surface area contributed by atoms with Crippen molar-refractivity contribution in [3.05, 3.63) is 34.9 Å². The third-order valence-electron chi connectivity index (χ3n) is 5.26. The minimum atomic E-state index is -0.492. The monoisotopic (exact) mass is 302 g/mol. The van der Waals surface area contributed by atoms with E-state index in [9.17, 15) is 9.59 Å². The van der Waals surface area contributed by atoms with Gasteiger partial charge in [0.2, 0.25) is 0 Å². The van der Waals surface area contributed by atoms with Gasteiger partial charge in [0.05, 0.1) is 6.04 Å². The largest absolute Gasteiger partial charge is 0.307 e. The molecule has 22 heavy (non-hydrogen) atoms. The number of benzene rings is 1. The van der Waals surface area contributed by atoms with E-state index in [1.54, 1.807) is 11.5 Å². The second-order valence-electron chi connectivity index (χ2n) is 6.42. The highest BCUT2D eigenvalue weighted by Gasteiger charge is 2.47. The van der Waals surface area contributed by atoms with E-state index in [4.69, 9.17) is 5.21 Å². The maximum Gasteiger partial charge on any atom is 0.274 e. The number of aryl methyl sites for hydroxylation is 1. The molecule has 0 aromatic heterocycles. The first-order valence-corrected chi connectivity index (χ1v) is 7.92. The molecular formula is C17H22N2O3. The van der Waals surface area contributed by atoms with Crippen molar-refractivity contribution in [2.75, 3.05) is 6.54 Å². The van der Waals surface area contributed by atoms with E-state index in [1.807, 2.05) is 19.1 Å². The van der Waals surface area contributed by atoms with E-state index in [-0.39, 0.29) is 17.2 Å². The quantitative estimate of drug-likeness (QED) is 0.586. The molecule has 1 unspecified atom stereocenters. The van der Waals surface area contributed by atoms with E-state index in [1.165, 1.54) is 5.56 Å². The summed E-state index contributed by atoms with van der Waals surface area (Å²) in [5.74, 6) is -0.210. The summed E-state index contributed by atoms with van der Waals surface area (Å²) < 4.78 is 0. The summed E-state index contributed by atoms with van der Waals surface area (Å²) in [4.78, 5) is 23.9. The topological polar surface area (TPSA) is 78.4 Å². The van der Waals surface area contributed by atoms with Crippen molar-refractivity contribution in [1.82, 2.24) is 10.8 Å². The highest BCUT2D eigenvalue weighted by molar-refractivity contribution is 5.93. The fourth-order valence-electron chi connectivity index (χ4n) is 4.04. The zero-order valence-electron chi connectivity index (χ0n) is 12.8. The van der Waals surface area contributed by atoms with E-state index in [0.29, 0.717) is 12.0 Å². The summed E-state index contributed by atoms with van der Waals surface area (Å²) in [6, 6.07) is 5.49. The minimum absolute atomic E-state index is 0.0194. The summed E-state index contributed by atoms with van der Waals surface area (Å²) in [5.41, 5.74) is 4.50. The van der Waals surface area contributed by atoms with Crippen molar-refractivity contribution in [2.24, 2.45) is 5.41 Å². The Morgan fingerprint density at radius 3 is 2.91 bits per heavy atom. The molecule has 1 aliphatic carbocycles. The fraction of sp³-hybridized carbons (Fsp3) is 0.529.